The number of rotatable bonds is 74. The summed E-state index contributed by atoms with van der Waals surface area (Å²) in [6.45, 7) is 7.17. The minimum atomic E-state index is -4.96. The average molecular weight is 1390 g/mol. The summed E-state index contributed by atoms with van der Waals surface area (Å²) in [7, 11) is -9.92. The zero-order valence-corrected chi connectivity index (χ0v) is 63.1. The maximum Gasteiger partial charge on any atom is 0.472 e. The van der Waals surface area contributed by atoms with Crippen molar-refractivity contribution in [2.75, 3.05) is 39.6 Å². The lowest BCUT2D eigenvalue weighted by atomic mass is 10.0. The zero-order valence-electron chi connectivity index (χ0n) is 61.3. The molecular weight excluding hydrogens is 1250 g/mol. The van der Waals surface area contributed by atoms with Crippen LogP contribution in [0.3, 0.4) is 0 Å². The van der Waals surface area contributed by atoms with Gasteiger partial charge in [0.05, 0.1) is 26.4 Å². The molecule has 5 atom stereocenters. The van der Waals surface area contributed by atoms with Crippen molar-refractivity contribution in [2.24, 2.45) is 5.92 Å². The van der Waals surface area contributed by atoms with Crippen LogP contribution in [0.1, 0.15) is 375 Å². The number of carbonyl (C=O) groups excluding carboxylic acids is 4. The molecule has 0 saturated heterocycles. The van der Waals surface area contributed by atoms with Crippen molar-refractivity contribution >= 4 is 39.5 Å². The molecule has 560 valence electrons. The topological polar surface area (TPSA) is 237 Å². The van der Waals surface area contributed by atoms with Crippen LogP contribution >= 0.6 is 15.6 Å². The third-order valence-electron chi connectivity index (χ3n) is 17.2. The Balaban J connectivity index is 5.23. The maximum atomic E-state index is 13.1. The second-order valence-electron chi connectivity index (χ2n) is 27.2. The van der Waals surface area contributed by atoms with Gasteiger partial charge >= 0.3 is 39.5 Å². The number of ether oxygens (including phenoxy) is 4. The van der Waals surface area contributed by atoms with Crippen LogP contribution in [0.5, 0.6) is 0 Å². The number of allylic oxidation sites excluding steroid dienone is 4. The van der Waals surface area contributed by atoms with Gasteiger partial charge in [-0.15, -0.1) is 0 Å². The van der Waals surface area contributed by atoms with Crippen LogP contribution in [0.25, 0.3) is 0 Å². The molecule has 0 saturated carbocycles. The smallest absolute Gasteiger partial charge is 0.462 e. The molecule has 0 heterocycles. The number of unbranched alkanes of at least 4 members (excludes halogenated alkanes) is 43. The van der Waals surface area contributed by atoms with Gasteiger partial charge in [-0.05, 0) is 57.3 Å². The first-order chi connectivity index (χ1) is 46.0. The van der Waals surface area contributed by atoms with E-state index in [2.05, 4.69) is 58.9 Å². The quantitative estimate of drug-likeness (QED) is 0.0169. The second kappa shape index (κ2) is 68.7. The van der Waals surface area contributed by atoms with Gasteiger partial charge in [0.15, 0.2) is 12.2 Å². The Morgan fingerprint density at radius 1 is 0.326 bits per heavy atom. The number of hydrogen-bond donors (Lipinski definition) is 3. The van der Waals surface area contributed by atoms with E-state index in [9.17, 15) is 43.2 Å². The van der Waals surface area contributed by atoms with Crippen molar-refractivity contribution in [3.63, 3.8) is 0 Å². The molecule has 0 aromatic carbocycles. The first-order valence-corrected chi connectivity index (χ1v) is 41.9. The number of phosphoric acid groups is 2. The molecule has 0 bridgehead atoms. The third kappa shape index (κ3) is 69.8. The maximum absolute atomic E-state index is 13.1. The summed E-state index contributed by atoms with van der Waals surface area (Å²) in [5.74, 6) is -1.41. The minimum absolute atomic E-state index is 0.102. The molecule has 2 unspecified atom stereocenters. The first-order valence-electron chi connectivity index (χ1n) is 39.0. The molecule has 0 aliphatic heterocycles. The van der Waals surface area contributed by atoms with Crippen molar-refractivity contribution in [2.45, 2.75) is 393 Å². The SMILES string of the molecule is CCCCCC/C=C\C=C/CCCCCCCC(=O)OC[C@H](COP(=O)(O)OC[C@@H](O)COP(=O)(O)OC[C@@H](COC(=O)CCCCCCCCCC)OC(=O)CCCCCCCCCCCC(C)C)OC(=O)CCCCCCCCCCCCCCCCCCCCCC. The van der Waals surface area contributed by atoms with Crippen LogP contribution in [0.15, 0.2) is 24.3 Å². The Morgan fingerprint density at radius 3 is 0.863 bits per heavy atom. The summed E-state index contributed by atoms with van der Waals surface area (Å²) >= 11 is 0. The van der Waals surface area contributed by atoms with Gasteiger partial charge in [-0.3, -0.25) is 37.3 Å². The van der Waals surface area contributed by atoms with E-state index in [1.807, 2.05) is 0 Å². The molecule has 0 amide bonds. The van der Waals surface area contributed by atoms with E-state index in [1.165, 1.54) is 173 Å². The van der Waals surface area contributed by atoms with Crippen molar-refractivity contribution < 1.29 is 80.2 Å². The van der Waals surface area contributed by atoms with Crippen LogP contribution < -0.4 is 0 Å². The van der Waals surface area contributed by atoms with Gasteiger partial charge in [-0.1, -0.05) is 322 Å². The molecule has 95 heavy (non-hydrogen) atoms. The van der Waals surface area contributed by atoms with Crippen molar-refractivity contribution in [1.29, 1.82) is 0 Å². The van der Waals surface area contributed by atoms with E-state index in [1.54, 1.807) is 0 Å². The number of phosphoric ester groups is 2. The fraction of sp³-hybridized carbons (Fsp3) is 0.895. The Labute approximate surface area is 580 Å². The van der Waals surface area contributed by atoms with Gasteiger partial charge in [0.2, 0.25) is 0 Å². The second-order valence-corrected chi connectivity index (χ2v) is 30.1. The Morgan fingerprint density at radius 2 is 0.568 bits per heavy atom. The van der Waals surface area contributed by atoms with Crippen LogP contribution in [0, 0.1) is 5.92 Å². The molecule has 3 N–H and O–H groups in total. The fourth-order valence-corrected chi connectivity index (χ4v) is 12.7. The van der Waals surface area contributed by atoms with Gasteiger partial charge in [-0.2, -0.15) is 0 Å². The summed E-state index contributed by atoms with van der Waals surface area (Å²) in [4.78, 5) is 72.7. The molecule has 0 aliphatic carbocycles. The summed E-state index contributed by atoms with van der Waals surface area (Å²) in [6, 6.07) is 0. The van der Waals surface area contributed by atoms with Gasteiger partial charge in [0, 0.05) is 25.7 Å². The predicted octanol–water partition coefficient (Wildman–Crippen LogP) is 22.0. The van der Waals surface area contributed by atoms with E-state index in [0.717, 1.165) is 121 Å². The van der Waals surface area contributed by atoms with Crippen molar-refractivity contribution in [3.8, 4) is 0 Å². The number of aliphatic hydroxyl groups excluding tert-OH is 1. The number of esters is 4. The van der Waals surface area contributed by atoms with E-state index in [-0.39, 0.29) is 25.7 Å². The molecule has 19 heteroatoms. The lowest BCUT2D eigenvalue weighted by molar-refractivity contribution is -0.161. The fourth-order valence-electron chi connectivity index (χ4n) is 11.2. The number of hydrogen-bond acceptors (Lipinski definition) is 15. The molecule has 0 spiro atoms. The highest BCUT2D eigenvalue weighted by molar-refractivity contribution is 7.47. The molecule has 0 fully saturated rings. The van der Waals surface area contributed by atoms with E-state index < -0.39 is 97.5 Å². The first kappa shape index (κ1) is 92.5. The monoisotopic (exact) mass is 1390 g/mol. The lowest BCUT2D eigenvalue weighted by Gasteiger charge is -2.21. The van der Waals surface area contributed by atoms with Gasteiger partial charge in [0.25, 0.3) is 0 Å². The summed E-state index contributed by atoms with van der Waals surface area (Å²) in [6.07, 6.45) is 60.6. The van der Waals surface area contributed by atoms with Crippen molar-refractivity contribution in [1.82, 2.24) is 0 Å². The normalized spacial score (nSPS) is 14.1. The molecule has 0 aliphatic rings. The number of aliphatic hydroxyl groups is 1. The molecular formula is C76H144O17P2. The van der Waals surface area contributed by atoms with Gasteiger partial charge in [-0.25, -0.2) is 9.13 Å². The Hall–Kier alpha value is -2.46. The highest BCUT2D eigenvalue weighted by Gasteiger charge is 2.30. The van der Waals surface area contributed by atoms with Gasteiger partial charge < -0.3 is 33.8 Å². The molecule has 0 aromatic heterocycles. The largest absolute Gasteiger partial charge is 0.472 e. The predicted molar refractivity (Wildman–Crippen MR) is 386 cm³/mol. The summed E-state index contributed by atoms with van der Waals surface area (Å²) in [5.41, 5.74) is 0. The van der Waals surface area contributed by atoms with E-state index in [0.29, 0.717) is 25.7 Å². The summed E-state index contributed by atoms with van der Waals surface area (Å²) in [5, 5.41) is 10.6. The highest BCUT2D eigenvalue weighted by atomic mass is 31.2. The molecule has 0 radical (unpaired) electrons. The Kier molecular flexibility index (Phi) is 66.9. The van der Waals surface area contributed by atoms with Crippen molar-refractivity contribution in [3.05, 3.63) is 24.3 Å². The van der Waals surface area contributed by atoms with Crippen LogP contribution in [0.2, 0.25) is 0 Å². The molecule has 0 aromatic rings. The van der Waals surface area contributed by atoms with Gasteiger partial charge in [0.1, 0.15) is 19.3 Å². The lowest BCUT2D eigenvalue weighted by Crippen LogP contribution is -2.30. The zero-order chi connectivity index (χ0) is 69.8. The Bertz CT molecular complexity index is 1920. The summed E-state index contributed by atoms with van der Waals surface area (Å²) < 4.78 is 68.4. The standard InChI is InChI=1S/C76H144O17P2/c1-6-9-12-15-18-21-23-25-27-28-29-30-31-33-35-37-41-46-51-56-61-75(80)92-72(66-87-74(79)60-55-50-45-40-36-34-32-26-24-22-19-16-13-10-7-2)68-91-95(84,85)89-64-70(77)63-88-94(82,83)90-67-71(65-86-73(78)59-54-49-44-20-17-14-11-8-3)93-76(81)62-57-52-47-42-38-39-43-48-53-58-69(4)5/h22,24,26,32,69-72,77H,6-21,23,25,27-31,33-68H2,1-5H3,(H,82,83)(H,84,85)/b24-22-,32-26-/t70-,71+,72+/m0/s1. The van der Waals surface area contributed by atoms with Crippen LogP contribution in [-0.4, -0.2) is 96.7 Å². The van der Waals surface area contributed by atoms with E-state index >= 15 is 0 Å². The number of carbonyl (C=O) groups is 4. The molecule has 17 nitrogen and oxygen atoms in total. The minimum Gasteiger partial charge on any atom is -0.462 e. The van der Waals surface area contributed by atoms with E-state index in [4.69, 9.17) is 37.0 Å². The average Bonchev–Trinajstić information content (AvgIpc) is 2.14. The third-order valence-corrected chi connectivity index (χ3v) is 19.1. The van der Waals surface area contributed by atoms with Crippen LogP contribution in [-0.2, 0) is 65.4 Å². The highest BCUT2D eigenvalue weighted by Crippen LogP contribution is 2.45. The van der Waals surface area contributed by atoms with Crippen LogP contribution in [0.4, 0.5) is 0 Å². The molecule has 0 rings (SSSR count).